The van der Waals surface area contributed by atoms with Gasteiger partial charge in [0.15, 0.2) is 0 Å². The van der Waals surface area contributed by atoms with E-state index in [0.29, 0.717) is 45.3 Å². The molecule has 0 saturated carbocycles. The highest BCUT2D eigenvalue weighted by Gasteiger charge is 2.24. The summed E-state index contributed by atoms with van der Waals surface area (Å²) < 4.78 is 26.9. The number of amides is 3. The smallest absolute Gasteiger partial charge is 0.308 e. The Morgan fingerprint density at radius 3 is 1.84 bits per heavy atom. The van der Waals surface area contributed by atoms with Gasteiger partial charge in [0.25, 0.3) is 0 Å². The first-order valence-corrected chi connectivity index (χ1v) is 15.1. The van der Waals surface area contributed by atoms with Crippen LogP contribution in [0.3, 0.4) is 0 Å². The Bertz CT molecular complexity index is 939. The van der Waals surface area contributed by atoms with E-state index >= 15 is 0 Å². The number of ether oxygens (including phenoxy) is 5. The Balaban J connectivity index is 2.21. The van der Waals surface area contributed by atoms with Gasteiger partial charge in [-0.25, -0.2) is 0 Å². The fraction of sp³-hybridized carbons (Fsp3) is 0.677. The summed E-state index contributed by atoms with van der Waals surface area (Å²) >= 11 is 0. The molecule has 12 nitrogen and oxygen atoms in total. The molecule has 0 spiro atoms. The van der Waals surface area contributed by atoms with Crippen molar-refractivity contribution in [3.05, 3.63) is 29.8 Å². The molecule has 3 amide bonds. The monoisotopic (exact) mass is 609 g/mol. The van der Waals surface area contributed by atoms with E-state index in [9.17, 15) is 19.2 Å². The molecule has 1 aromatic carbocycles. The summed E-state index contributed by atoms with van der Waals surface area (Å²) in [6, 6.07) is 6.06. The summed E-state index contributed by atoms with van der Waals surface area (Å²) in [7, 11) is 0. The van der Waals surface area contributed by atoms with Crippen LogP contribution in [0.5, 0.6) is 0 Å². The maximum atomic E-state index is 12.7. The molecule has 0 radical (unpaired) electrons. The lowest BCUT2D eigenvalue weighted by Gasteiger charge is -2.21. The molecule has 0 aliphatic heterocycles. The van der Waals surface area contributed by atoms with Crippen molar-refractivity contribution in [2.24, 2.45) is 11.8 Å². The molecule has 0 fully saturated rings. The van der Waals surface area contributed by atoms with Gasteiger partial charge in [-0.05, 0) is 30.0 Å². The Hall–Kier alpha value is -3.06. The van der Waals surface area contributed by atoms with Crippen LogP contribution in [0.15, 0.2) is 24.3 Å². The molecule has 12 heteroatoms. The molecule has 1 aromatic rings. The summed E-state index contributed by atoms with van der Waals surface area (Å²) in [6.07, 6.45) is 2.25. The van der Waals surface area contributed by atoms with Crippen LogP contribution in [0, 0.1) is 11.8 Å². The molecule has 1 rings (SSSR count). The second-order valence-electron chi connectivity index (χ2n) is 10.6. The van der Waals surface area contributed by atoms with Gasteiger partial charge in [0, 0.05) is 18.7 Å². The Morgan fingerprint density at radius 1 is 0.744 bits per heavy atom. The van der Waals surface area contributed by atoms with Gasteiger partial charge >= 0.3 is 5.97 Å². The van der Waals surface area contributed by atoms with E-state index in [4.69, 9.17) is 23.7 Å². The number of carbonyl (C=O) groups is 4. The van der Waals surface area contributed by atoms with Crippen molar-refractivity contribution in [2.75, 3.05) is 64.7 Å². The van der Waals surface area contributed by atoms with E-state index in [1.165, 1.54) is 0 Å². The lowest BCUT2D eigenvalue weighted by Crippen LogP contribution is -2.51. The van der Waals surface area contributed by atoms with E-state index in [-0.39, 0.29) is 49.9 Å². The Morgan fingerprint density at radius 2 is 1.30 bits per heavy atom. The first-order valence-electron chi connectivity index (χ1n) is 15.1. The van der Waals surface area contributed by atoms with E-state index in [1.807, 2.05) is 13.8 Å². The zero-order valence-corrected chi connectivity index (χ0v) is 26.4. The van der Waals surface area contributed by atoms with Gasteiger partial charge in [-0.2, -0.15) is 0 Å². The third kappa shape index (κ3) is 19.0. The molecular weight excluding hydrogens is 558 g/mol. The minimum Gasteiger partial charge on any atom is -0.461 e. The molecule has 1 unspecified atom stereocenters. The van der Waals surface area contributed by atoms with Crippen molar-refractivity contribution in [3.8, 4) is 0 Å². The first kappa shape index (κ1) is 38.0. The van der Waals surface area contributed by atoms with Gasteiger partial charge in [0.2, 0.25) is 17.7 Å². The van der Waals surface area contributed by atoms with Crippen LogP contribution < -0.4 is 16.0 Å². The van der Waals surface area contributed by atoms with Gasteiger partial charge in [0.05, 0.1) is 58.7 Å². The quantitative estimate of drug-likeness (QED) is 0.119. The second kappa shape index (κ2) is 23.4. The molecule has 0 aliphatic carbocycles. The number of anilines is 1. The van der Waals surface area contributed by atoms with Gasteiger partial charge in [-0.15, -0.1) is 0 Å². The average molecular weight is 610 g/mol. The van der Waals surface area contributed by atoms with Crippen LogP contribution in [0.2, 0.25) is 0 Å². The fourth-order valence-corrected chi connectivity index (χ4v) is 3.44. The van der Waals surface area contributed by atoms with Crippen LogP contribution >= 0.6 is 0 Å². The number of benzene rings is 1. The topological polar surface area (TPSA) is 151 Å². The van der Waals surface area contributed by atoms with Gasteiger partial charge in [-0.1, -0.05) is 53.2 Å². The normalized spacial score (nSPS) is 11.8. The molecule has 244 valence electrons. The number of esters is 1. The van der Waals surface area contributed by atoms with Gasteiger partial charge < -0.3 is 39.6 Å². The standard InChI is InChI=1S/C31H51N3O9/c1-6-7-13-39-15-17-41-19-20-42-18-16-40-14-12-27(35)34-29(23(2)3)30(37)32-21-28(36)33-26-10-8-25(9-11-26)22-43-31(38)24(4)5/h8-11,23-24,29H,6-7,12-22H2,1-5H3,(H,32,37)(H,33,36)(H,34,35). The zero-order chi connectivity index (χ0) is 31.9. The van der Waals surface area contributed by atoms with Crippen molar-refractivity contribution >= 4 is 29.4 Å². The van der Waals surface area contributed by atoms with Crippen molar-refractivity contribution in [2.45, 2.75) is 66.5 Å². The highest BCUT2D eigenvalue weighted by Crippen LogP contribution is 2.11. The average Bonchev–Trinajstić information content (AvgIpc) is 2.98. The van der Waals surface area contributed by atoms with Crippen molar-refractivity contribution < 1.29 is 42.9 Å². The Kier molecular flexibility index (Phi) is 20.7. The summed E-state index contributed by atoms with van der Waals surface area (Å²) in [5.74, 6) is -1.87. The minimum atomic E-state index is -0.798. The van der Waals surface area contributed by atoms with Gasteiger partial charge in [0.1, 0.15) is 12.6 Å². The lowest BCUT2D eigenvalue weighted by atomic mass is 10.0. The summed E-state index contributed by atoms with van der Waals surface area (Å²) in [6.45, 7) is 12.9. The van der Waals surface area contributed by atoms with Crippen molar-refractivity contribution in [3.63, 3.8) is 0 Å². The van der Waals surface area contributed by atoms with Crippen molar-refractivity contribution in [1.29, 1.82) is 0 Å². The molecule has 0 saturated heterocycles. The number of rotatable bonds is 24. The van der Waals surface area contributed by atoms with Crippen LogP contribution in [0.4, 0.5) is 5.69 Å². The number of unbranched alkanes of at least 4 members (excludes halogenated alkanes) is 1. The van der Waals surface area contributed by atoms with Crippen LogP contribution in [0.25, 0.3) is 0 Å². The SMILES string of the molecule is CCCCOCCOCCOCCOCCC(=O)NC(C(=O)NCC(=O)Nc1ccc(COC(=O)C(C)C)cc1)C(C)C. The number of hydrogen-bond acceptors (Lipinski definition) is 9. The zero-order valence-electron chi connectivity index (χ0n) is 26.4. The molecule has 0 aromatic heterocycles. The summed E-state index contributed by atoms with van der Waals surface area (Å²) in [4.78, 5) is 49.0. The van der Waals surface area contributed by atoms with Crippen LogP contribution in [-0.4, -0.2) is 89.1 Å². The van der Waals surface area contributed by atoms with Crippen LogP contribution in [-0.2, 0) is 49.5 Å². The maximum Gasteiger partial charge on any atom is 0.308 e. The maximum absolute atomic E-state index is 12.7. The molecule has 0 aliphatic rings. The largest absolute Gasteiger partial charge is 0.461 e. The number of nitrogens with one attached hydrogen (secondary N) is 3. The Labute approximate surface area is 255 Å². The van der Waals surface area contributed by atoms with Crippen LogP contribution in [0.1, 0.15) is 59.4 Å². The second-order valence-corrected chi connectivity index (χ2v) is 10.6. The fourth-order valence-electron chi connectivity index (χ4n) is 3.44. The van der Waals surface area contributed by atoms with Crippen molar-refractivity contribution in [1.82, 2.24) is 10.6 Å². The minimum absolute atomic E-state index is 0.0881. The molecular formula is C31H51N3O9. The highest BCUT2D eigenvalue weighted by molar-refractivity contribution is 5.96. The summed E-state index contributed by atoms with van der Waals surface area (Å²) in [5.41, 5.74) is 1.32. The third-order valence-corrected chi connectivity index (χ3v) is 6.01. The molecule has 3 N–H and O–H groups in total. The third-order valence-electron chi connectivity index (χ3n) is 6.01. The number of carbonyl (C=O) groups excluding carboxylic acids is 4. The van der Waals surface area contributed by atoms with E-state index in [2.05, 4.69) is 22.9 Å². The van der Waals surface area contributed by atoms with E-state index in [0.717, 1.165) is 25.0 Å². The molecule has 0 heterocycles. The summed E-state index contributed by atoms with van der Waals surface area (Å²) in [5, 5.41) is 7.99. The predicted molar refractivity (Wildman–Crippen MR) is 162 cm³/mol. The number of hydrogen-bond donors (Lipinski definition) is 3. The lowest BCUT2D eigenvalue weighted by molar-refractivity contribution is -0.148. The van der Waals surface area contributed by atoms with E-state index in [1.54, 1.807) is 38.1 Å². The predicted octanol–water partition coefficient (Wildman–Crippen LogP) is 2.84. The molecule has 1 atom stereocenters. The van der Waals surface area contributed by atoms with Gasteiger partial charge in [-0.3, -0.25) is 19.2 Å². The van der Waals surface area contributed by atoms with E-state index < -0.39 is 17.9 Å². The first-order chi connectivity index (χ1) is 20.6. The molecule has 0 bridgehead atoms. The highest BCUT2D eigenvalue weighted by atomic mass is 16.6. The molecule has 43 heavy (non-hydrogen) atoms.